The quantitative estimate of drug-likeness (QED) is 0.0954. The molecule has 0 aliphatic carbocycles. The van der Waals surface area contributed by atoms with E-state index in [2.05, 4.69) is 60.4 Å². The number of imidazole rings is 1. The number of ether oxygens (including phenoxy) is 3. The maximum atomic E-state index is 14.2. The minimum absolute atomic E-state index is 0.191. The number of carbonyl (C=O) groups excluding carboxylic acids is 2. The first-order valence-corrected chi connectivity index (χ1v) is 17.5. The third-order valence-electron chi connectivity index (χ3n) is 9.27. The molecular weight excluding hydrogens is 588 g/mol. The summed E-state index contributed by atoms with van der Waals surface area (Å²) in [6, 6.07) is 16.6. The first kappa shape index (κ1) is 37.8. The molecule has 0 spiro atoms. The number of carbonyl (C=O) groups is 2. The van der Waals surface area contributed by atoms with Gasteiger partial charge in [-0.15, -0.1) is 0 Å². The summed E-state index contributed by atoms with van der Waals surface area (Å²) in [4.78, 5) is 33.2. The topological polar surface area (TPSA) is 79.6 Å². The van der Waals surface area contributed by atoms with Gasteiger partial charge in [0.25, 0.3) is 0 Å². The van der Waals surface area contributed by atoms with Gasteiger partial charge in [0.05, 0.1) is 38.4 Å². The molecule has 0 saturated carbocycles. The van der Waals surface area contributed by atoms with E-state index in [4.69, 9.17) is 14.2 Å². The van der Waals surface area contributed by atoms with E-state index in [1.165, 1.54) is 0 Å². The lowest BCUT2D eigenvalue weighted by atomic mass is 9.88. The molecule has 3 atom stereocenters. The van der Waals surface area contributed by atoms with Crippen molar-refractivity contribution in [3.05, 3.63) is 72.7 Å². The van der Waals surface area contributed by atoms with Crippen LogP contribution in [0, 0.1) is 41.4 Å². The van der Waals surface area contributed by atoms with Crippen LogP contribution in [0.5, 0.6) is 5.75 Å². The van der Waals surface area contributed by atoms with Crippen LogP contribution in [0.15, 0.2) is 67.1 Å². The summed E-state index contributed by atoms with van der Waals surface area (Å²) in [7, 11) is 1.61. The fourth-order valence-electron chi connectivity index (χ4n) is 5.81. The van der Waals surface area contributed by atoms with Crippen molar-refractivity contribution in [1.29, 1.82) is 0 Å². The first-order chi connectivity index (χ1) is 22.4. The molecule has 0 fully saturated rings. The highest BCUT2D eigenvalue weighted by Crippen LogP contribution is 2.33. The van der Waals surface area contributed by atoms with Crippen molar-refractivity contribution < 1.29 is 23.8 Å². The fraction of sp³-hybridized carbons (Fsp3) is 0.575. The van der Waals surface area contributed by atoms with E-state index in [1.54, 1.807) is 13.4 Å². The zero-order valence-corrected chi connectivity index (χ0v) is 30.1. The lowest BCUT2D eigenvalue weighted by Crippen LogP contribution is -2.38. The van der Waals surface area contributed by atoms with E-state index >= 15 is 0 Å². The minimum Gasteiger partial charge on any atom is -0.497 e. The van der Waals surface area contributed by atoms with E-state index in [0.29, 0.717) is 29.4 Å². The molecule has 0 bridgehead atoms. The van der Waals surface area contributed by atoms with Gasteiger partial charge in [-0.25, -0.2) is 4.98 Å². The summed E-state index contributed by atoms with van der Waals surface area (Å²) in [6.07, 6.45) is 7.57. The molecule has 7 heteroatoms. The van der Waals surface area contributed by atoms with Crippen molar-refractivity contribution in [3.63, 3.8) is 0 Å². The minimum atomic E-state index is -1.24. The Hall–Kier alpha value is -3.61. The van der Waals surface area contributed by atoms with Crippen molar-refractivity contribution in [2.75, 3.05) is 20.3 Å². The van der Waals surface area contributed by atoms with Crippen molar-refractivity contribution in [2.24, 2.45) is 41.4 Å². The molecule has 258 valence electrons. The lowest BCUT2D eigenvalue weighted by Gasteiger charge is -2.29. The summed E-state index contributed by atoms with van der Waals surface area (Å²) >= 11 is 0. The lowest BCUT2D eigenvalue weighted by molar-refractivity contribution is -0.166. The van der Waals surface area contributed by atoms with Crippen LogP contribution < -0.4 is 4.74 Å². The maximum absolute atomic E-state index is 14.2. The molecule has 3 rings (SSSR count). The van der Waals surface area contributed by atoms with Gasteiger partial charge >= 0.3 is 11.9 Å². The molecule has 0 radical (unpaired) electrons. The second-order valence-electron chi connectivity index (χ2n) is 14.5. The highest BCUT2D eigenvalue weighted by molar-refractivity contribution is 5.96. The fourth-order valence-corrected chi connectivity index (χ4v) is 5.81. The molecular formula is C40H58N2O5. The highest BCUT2D eigenvalue weighted by atomic mass is 16.6. The Morgan fingerprint density at radius 3 is 1.66 bits per heavy atom. The third-order valence-corrected chi connectivity index (χ3v) is 9.27. The van der Waals surface area contributed by atoms with Gasteiger partial charge in [0, 0.05) is 11.8 Å². The van der Waals surface area contributed by atoms with E-state index in [-0.39, 0.29) is 25.0 Å². The van der Waals surface area contributed by atoms with Crippen LogP contribution in [0.4, 0.5) is 0 Å². The molecule has 0 saturated heterocycles. The van der Waals surface area contributed by atoms with Crippen LogP contribution in [0.25, 0.3) is 11.3 Å². The van der Waals surface area contributed by atoms with Crippen LogP contribution in [0.2, 0.25) is 0 Å². The van der Waals surface area contributed by atoms with Crippen molar-refractivity contribution in [1.82, 2.24) is 9.55 Å². The Labute approximate surface area is 283 Å². The second kappa shape index (κ2) is 18.7. The molecule has 0 amide bonds. The molecule has 47 heavy (non-hydrogen) atoms. The molecule has 0 N–H and O–H groups in total. The van der Waals surface area contributed by atoms with Gasteiger partial charge in [0.15, 0.2) is 5.92 Å². The van der Waals surface area contributed by atoms with Crippen molar-refractivity contribution in [3.8, 4) is 17.0 Å². The summed E-state index contributed by atoms with van der Waals surface area (Å²) in [6.45, 7) is 18.0. The Morgan fingerprint density at radius 2 is 1.21 bits per heavy atom. The van der Waals surface area contributed by atoms with Crippen LogP contribution in [-0.4, -0.2) is 41.8 Å². The normalized spacial score (nSPS) is 14.3. The number of benzene rings is 2. The molecule has 0 aliphatic rings. The van der Waals surface area contributed by atoms with Gasteiger partial charge in [0.2, 0.25) is 0 Å². The number of methoxy groups -OCH3 is 1. The average Bonchev–Trinajstić information content (AvgIpc) is 3.53. The smallest absolute Gasteiger partial charge is 0.322 e. The number of esters is 2. The molecule has 1 heterocycles. The Kier molecular flexibility index (Phi) is 15.0. The number of hydrogen-bond donors (Lipinski definition) is 0. The predicted octanol–water partition coefficient (Wildman–Crippen LogP) is 9.27. The van der Waals surface area contributed by atoms with E-state index in [0.717, 1.165) is 42.5 Å². The van der Waals surface area contributed by atoms with Gasteiger partial charge < -0.3 is 18.8 Å². The first-order valence-electron chi connectivity index (χ1n) is 17.5. The third kappa shape index (κ3) is 11.5. The molecule has 2 aromatic carbocycles. The average molecular weight is 647 g/mol. The Balaban J connectivity index is 2.03. The summed E-state index contributed by atoms with van der Waals surface area (Å²) in [5.41, 5.74) is 2.44. The molecule has 1 aromatic heterocycles. The molecule has 3 unspecified atom stereocenters. The van der Waals surface area contributed by atoms with Gasteiger partial charge in [0.1, 0.15) is 5.75 Å². The van der Waals surface area contributed by atoms with Gasteiger partial charge in [-0.2, -0.15) is 0 Å². The van der Waals surface area contributed by atoms with Crippen LogP contribution in [0.1, 0.15) is 92.7 Å². The van der Waals surface area contributed by atoms with Gasteiger partial charge in [-0.1, -0.05) is 111 Å². The van der Waals surface area contributed by atoms with Crippen molar-refractivity contribution >= 4 is 11.9 Å². The number of rotatable bonds is 19. The Morgan fingerprint density at radius 1 is 0.702 bits per heavy atom. The maximum Gasteiger partial charge on any atom is 0.322 e. The van der Waals surface area contributed by atoms with Gasteiger partial charge in [-0.05, 0) is 66.0 Å². The van der Waals surface area contributed by atoms with Crippen LogP contribution in [-0.2, 0) is 19.1 Å². The summed E-state index contributed by atoms with van der Waals surface area (Å²) in [5, 5.41) is 0. The zero-order chi connectivity index (χ0) is 34.5. The predicted molar refractivity (Wildman–Crippen MR) is 189 cm³/mol. The van der Waals surface area contributed by atoms with E-state index in [1.807, 2.05) is 65.4 Å². The summed E-state index contributed by atoms with van der Waals surface area (Å²) in [5.74, 6) is 0.439. The number of nitrogens with zero attached hydrogens (tertiary/aromatic N) is 2. The second-order valence-corrected chi connectivity index (χ2v) is 14.5. The van der Waals surface area contributed by atoms with Crippen molar-refractivity contribution in [2.45, 2.75) is 87.1 Å². The summed E-state index contributed by atoms with van der Waals surface area (Å²) < 4.78 is 19.4. The van der Waals surface area contributed by atoms with Gasteiger partial charge in [-0.3, -0.25) is 9.59 Å². The monoisotopic (exact) mass is 646 g/mol. The van der Waals surface area contributed by atoms with E-state index in [9.17, 15) is 9.59 Å². The number of aromatic nitrogens is 2. The van der Waals surface area contributed by atoms with E-state index < -0.39 is 23.9 Å². The number of hydrogen-bond acceptors (Lipinski definition) is 6. The molecule has 3 aromatic rings. The molecule has 7 nitrogen and oxygen atoms in total. The van der Waals surface area contributed by atoms with Crippen LogP contribution >= 0.6 is 0 Å². The highest BCUT2D eigenvalue weighted by Gasteiger charge is 2.41. The largest absolute Gasteiger partial charge is 0.497 e. The molecule has 0 aliphatic heterocycles. The SMILES string of the molecule is COc1ccc(C(C(C(=O)OCC(CCC(C)C)C(C)C)C(=O)OCC(CCC(C)C)C(C)C)n2cnc(-c3ccccc3)c2)cc1. The zero-order valence-electron chi connectivity index (χ0n) is 30.1. The van der Waals surface area contributed by atoms with Crippen LogP contribution in [0.3, 0.4) is 0 Å². The Bertz CT molecular complexity index is 1310. The standard InChI is InChI=1S/C40H58N2O5/c1-27(2)15-17-33(29(5)6)24-46-39(43)37(40(44)47-25-34(30(7)8)18-16-28(3)4)38(32-19-21-35(45-9)22-20-32)42-23-36(41-26-42)31-13-11-10-12-14-31/h10-14,19-23,26-30,33-34,37-38H,15-18,24-25H2,1-9H3.